The van der Waals surface area contributed by atoms with E-state index in [9.17, 15) is 19.5 Å². The van der Waals surface area contributed by atoms with Crippen molar-refractivity contribution in [1.29, 1.82) is 0 Å². The number of hydrogen-bond donors (Lipinski definition) is 0. The van der Waals surface area contributed by atoms with Crippen LogP contribution in [0.3, 0.4) is 0 Å². The van der Waals surface area contributed by atoms with Crippen LogP contribution in [0.15, 0.2) is 48.6 Å². The second-order valence-corrected chi connectivity index (χ2v) is 12.8. The molecule has 0 saturated heterocycles. The SMILES string of the molecule is CC/C=C/C=C/C=C/C=C/CCCCCCCC(=O)OCC(COCCC(C(=O)[O-])[N+](C)(C)C)OC(=O)CCCCCCCCC. The minimum absolute atomic E-state index is 0.0319. The zero-order valence-electron chi connectivity index (χ0n) is 29.7. The second kappa shape index (κ2) is 29.7. The van der Waals surface area contributed by atoms with Gasteiger partial charge in [0, 0.05) is 19.3 Å². The van der Waals surface area contributed by atoms with E-state index in [1.807, 2.05) is 30.4 Å². The molecule has 0 aliphatic rings. The maximum atomic E-state index is 12.5. The molecule has 0 rings (SSSR count). The second-order valence-electron chi connectivity index (χ2n) is 12.8. The third-order valence-electron chi connectivity index (χ3n) is 7.57. The molecule has 0 saturated carbocycles. The monoisotopic (exact) mass is 647 g/mol. The zero-order chi connectivity index (χ0) is 34.3. The molecule has 8 nitrogen and oxygen atoms in total. The van der Waals surface area contributed by atoms with E-state index in [0.29, 0.717) is 12.8 Å². The van der Waals surface area contributed by atoms with E-state index < -0.39 is 18.1 Å². The molecule has 0 bridgehead atoms. The molecule has 0 spiro atoms. The van der Waals surface area contributed by atoms with Gasteiger partial charge in [-0.2, -0.15) is 0 Å². The first-order valence-electron chi connectivity index (χ1n) is 17.7. The molecule has 264 valence electrons. The van der Waals surface area contributed by atoms with Gasteiger partial charge in [-0.25, -0.2) is 0 Å². The third kappa shape index (κ3) is 27.6. The van der Waals surface area contributed by atoms with Crippen molar-refractivity contribution in [2.45, 2.75) is 135 Å². The minimum Gasteiger partial charge on any atom is -0.544 e. The van der Waals surface area contributed by atoms with Crippen molar-refractivity contribution in [3.05, 3.63) is 48.6 Å². The number of likely N-dealkylation sites (N-methyl/N-ethyl adjacent to an activating group) is 1. The van der Waals surface area contributed by atoms with E-state index in [2.05, 4.69) is 32.1 Å². The summed E-state index contributed by atoms with van der Waals surface area (Å²) in [6, 6.07) is -0.727. The number of hydrogen-bond acceptors (Lipinski definition) is 7. The molecule has 0 aromatic rings. The van der Waals surface area contributed by atoms with Gasteiger partial charge in [0.2, 0.25) is 0 Å². The molecule has 0 aliphatic heterocycles. The highest BCUT2D eigenvalue weighted by Crippen LogP contribution is 2.12. The number of carbonyl (C=O) groups excluding carboxylic acids is 3. The Labute approximate surface area is 280 Å². The molecule has 0 aromatic carbocycles. The number of nitrogens with zero attached hydrogens (tertiary/aromatic N) is 1. The lowest BCUT2D eigenvalue weighted by atomic mass is 10.1. The highest BCUT2D eigenvalue weighted by molar-refractivity contribution is 5.70. The van der Waals surface area contributed by atoms with Gasteiger partial charge in [-0.15, -0.1) is 0 Å². The van der Waals surface area contributed by atoms with Crippen LogP contribution in [0.2, 0.25) is 0 Å². The molecule has 0 heterocycles. The van der Waals surface area contributed by atoms with Crippen molar-refractivity contribution >= 4 is 17.9 Å². The molecule has 8 heteroatoms. The molecule has 0 fully saturated rings. The summed E-state index contributed by atoms with van der Waals surface area (Å²) in [6.07, 6.45) is 31.5. The number of quaternary nitrogens is 1. The van der Waals surface area contributed by atoms with Crippen molar-refractivity contribution in [1.82, 2.24) is 0 Å². The lowest BCUT2D eigenvalue weighted by Crippen LogP contribution is -2.55. The molecule has 46 heavy (non-hydrogen) atoms. The average Bonchev–Trinajstić information content (AvgIpc) is 3.00. The molecule has 0 aromatic heterocycles. The first-order chi connectivity index (χ1) is 22.1. The van der Waals surface area contributed by atoms with Crippen LogP contribution in [0.4, 0.5) is 0 Å². The largest absolute Gasteiger partial charge is 0.544 e. The first kappa shape index (κ1) is 43.3. The summed E-state index contributed by atoms with van der Waals surface area (Å²) in [5.41, 5.74) is 0. The van der Waals surface area contributed by atoms with Crippen LogP contribution in [0.5, 0.6) is 0 Å². The van der Waals surface area contributed by atoms with Crippen molar-refractivity contribution in [2.75, 3.05) is 41.0 Å². The summed E-state index contributed by atoms with van der Waals surface area (Å²) in [6.45, 7) is 4.42. The van der Waals surface area contributed by atoms with Crippen LogP contribution in [0.25, 0.3) is 0 Å². The molecule has 0 aliphatic carbocycles. The average molecular weight is 648 g/mol. The van der Waals surface area contributed by atoms with Crippen LogP contribution in [0, 0.1) is 0 Å². The Morgan fingerprint density at radius 3 is 1.80 bits per heavy atom. The van der Waals surface area contributed by atoms with Gasteiger partial charge in [-0.1, -0.05) is 120 Å². The first-order valence-corrected chi connectivity index (χ1v) is 17.7. The summed E-state index contributed by atoms with van der Waals surface area (Å²) >= 11 is 0. The Hall–Kier alpha value is -2.71. The summed E-state index contributed by atoms with van der Waals surface area (Å²) in [5.74, 6) is -1.78. The van der Waals surface area contributed by atoms with Crippen LogP contribution in [-0.4, -0.2) is 75.5 Å². The zero-order valence-corrected chi connectivity index (χ0v) is 29.7. The smallest absolute Gasteiger partial charge is 0.306 e. The fourth-order valence-electron chi connectivity index (χ4n) is 4.78. The highest BCUT2D eigenvalue weighted by atomic mass is 16.6. The molecular weight excluding hydrogens is 582 g/mol. The van der Waals surface area contributed by atoms with E-state index >= 15 is 0 Å². The van der Waals surface area contributed by atoms with E-state index in [-0.39, 0.29) is 42.7 Å². The van der Waals surface area contributed by atoms with Crippen molar-refractivity contribution < 1.29 is 38.2 Å². The van der Waals surface area contributed by atoms with Crippen LogP contribution >= 0.6 is 0 Å². The molecule has 0 N–H and O–H groups in total. The summed E-state index contributed by atoms with van der Waals surface area (Å²) in [4.78, 5) is 36.4. The van der Waals surface area contributed by atoms with Gasteiger partial charge in [-0.05, 0) is 32.1 Å². The Morgan fingerprint density at radius 2 is 1.22 bits per heavy atom. The maximum absolute atomic E-state index is 12.5. The van der Waals surface area contributed by atoms with E-state index in [1.54, 1.807) is 21.1 Å². The quantitative estimate of drug-likeness (QED) is 0.0352. The molecule has 0 amide bonds. The van der Waals surface area contributed by atoms with E-state index in [0.717, 1.165) is 64.2 Å². The van der Waals surface area contributed by atoms with Gasteiger partial charge in [0.1, 0.15) is 12.6 Å². The number of carboxylic acids is 1. The van der Waals surface area contributed by atoms with Crippen molar-refractivity contribution in [2.24, 2.45) is 0 Å². The Morgan fingerprint density at radius 1 is 0.674 bits per heavy atom. The number of carbonyl (C=O) groups is 3. The van der Waals surface area contributed by atoms with Gasteiger partial charge >= 0.3 is 11.9 Å². The number of carboxylic acid groups (broad SMARTS) is 1. The van der Waals surface area contributed by atoms with Gasteiger partial charge in [0.25, 0.3) is 0 Å². The normalized spacial score (nSPS) is 13.7. The van der Waals surface area contributed by atoms with Gasteiger partial charge in [0.05, 0.1) is 40.3 Å². The number of unbranched alkanes of at least 4 members (excludes halogenated alkanes) is 11. The fraction of sp³-hybridized carbons (Fsp3) is 0.711. The summed E-state index contributed by atoms with van der Waals surface area (Å²) in [7, 11) is 5.37. The Kier molecular flexibility index (Phi) is 27.9. The standard InChI is InChI=1S/C38H65NO7/c1-6-8-10-12-14-15-16-17-18-19-20-21-23-24-26-28-36(40)45-33-34(32-44-31-30-35(38(42)43)39(3,4)5)46-37(41)29-27-25-22-13-11-9-7-2/h8,10,12,14-18,34-35H,6-7,9,11,13,19-33H2,1-5H3/b10-8+,14-12+,16-15+,18-17+. The number of allylic oxidation sites excluding steroid dienone is 8. The van der Waals surface area contributed by atoms with E-state index in [1.165, 1.54) is 25.7 Å². The number of aliphatic carboxylic acids is 1. The fourth-order valence-corrected chi connectivity index (χ4v) is 4.78. The van der Waals surface area contributed by atoms with Crippen molar-refractivity contribution in [3.63, 3.8) is 0 Å². The third-order valence-corrected chi connectivity index (χ3v) is 7.57. The predicted molar refractivity (Wildman–Crippen MR) is 185 cm³/mol. The topological polar surface area (TPSA) is 102 Å². The Balaban J connectivity index is 4.44. The van der Waals surface area contributed by atoms with Gasteiger partial charge in [0.15, 0.2) is 6.10 Å². The molecule has 2 atom stereocenters. The lowest BCUT2D eigenvalue weighted by molar-refractivity contribution is -0.889. The number of esters is 2. The van der Waals surface area contributed by atoms with Gasteiger partial charge < -0.3 is 28.6 Å². The summed E-state index contributed by atoms with van der Waals surface area (Å²) < 4.78 is 17.0. The van der Waals surface area contributed by atoms with E-state index in [4.69, 9.17) is 14.2 Å². The number of ether oxygens (including phenoxy) is 3. The van der Waals surface area contributed by atoms with Crippen LogP contribution in [-0.2, 0) is 28.6 Å². The minimum atomic E-state index is -1.13. The maximum Gasteiger partial charge on any atom is 0.306 e. The van der Waals surface area contributed by atoms with Crippen LogP contribution in [0.1, 0.15) is 123 Å². The molecule has 2 unspecified atom stereocenters. The summed E-state index contributed by atoms with van der Waals surface area (Å²) in [5, 5.41) is 11.5. The van der Waals surface area contributed by atoms with Crippen LogP contribution < -0.4 is 5.11 Å². The molecular formula is C38H65NO7. The predicted octanol–water partition coefficient (Wildman–Crippen LogP) is 7.18. The highest BCUT2D eigenvalue weighted by Gasteiger charge is 2.25. The molecule has 0 radical (unpaired) electrons. The van der Waals surface area contributed by atoms with Crippen molar-refractivity contribution in [3.8, 4) is 0 Å². The Bertz CT molecular complexity index is 901. The van der Waals surface area contributed by atoms with Gasteiger partial charge in [-0.3, -0.25) is 9.59 Å². The lowest BCUT2D eigenvalue weighted by Gasteiger charge is -2.34. The number of rotatable bonds is 30.